The van der Waals surface area contributed by atoms with Crippen LogP contribution in [0.1, 0.15) is 29.8 Å². The van der Waals surface area contributed by atoms with Gasteiger partial charge in [0, 0.05) is 35.1 Å². The molecule has 10 heteroatoms. The van der Waals surface area contributed by atoms with Gasteiger partial charge in [0.2, 0.25) is 11.6 Å². The SMILES string of the molecule is CC(=O)OCC(C)COC(=O)c1cccc(-c2noc(-c3cccc(-c4nc(-c5cccc(C)c5)no4)c3)n2)c1. The Kier molecular flexibility index (Phi) is 7.77. The minimum atomic E-state index is -0.502. The van der Waals surface area contributed by atoms with E-state index in [4.69, 9.17) is 18.5 Å². The van der Waals surface area contributed by atoms with Crippen molar-refractivity contribution in [2.24, 2.45) is 5.92 Å². The van der Waals surface area contributed by atoms with Gasteiger partial charge in [-0.1, -0.05) is 59.2 Å². The molecule has 0 saturated heterocycles. The van der Waals surface area contributed by atoms with Crippen molar-refractivity contribution in [2.45, 2.75) is 20.8 Å². The largest absolute Gasteiger partial charge is 0.465 e. The summed E-state index contributed by atoms with van der Waals surface area (Å²) in [4.78, 5) is 32.6. The molecule has 0 saturated carbocycles. The summed E-state index contributed by atoms with van der Waals surface area (Å²) in [5, 5.41) is 8.21. The van der Waals surface area contributed by atoms with Crippen molar-refractivity contribution >= 4 is 11.9 Å². The van der Waals surface area contributed by atoms with Gasteiger partial charge in [-0.15, -0.1) is 0 Å². The molecule has 0 bridgehead atoms. The predicted octanol–water partition coefficient (Wildman–Crippen LogP) is 5.79. The van der Waals surface area contributed by atoms with E-state index in [0.29, 0.717) is 45.7 Å². The number of carbonyl (C=O) groups is 2. The number of hydrogen-bond donors (Lipinski definition) is 0. The second-order valence-corrected chi connectivity index (χ2v) is 9.38. The normalized spacial score (nSPS) is 11.7. The van der Waals surface area contributed by atoms with E-state index in [0.717, 1.165) is 11.1 Å². The highest BCUT2D eigenvalue weighted by atomic mass is 16.5. The summed E-state index contributed by atoms with van der Waals surface area (Å²) in [5.41, 5.74) is 4.28. The molecular formula is C30H26N4O6. The molecule has 5 aromatic rings. The van der Waals surface area contributed by atoms with Crippen molar-refractivity contribution in [3.8, 4) is 45.7 Å². The van der Waals surface area contributed by atoms with Crippen molar-refractivity contribution in [2.75, 3.05) is 13.2 Å². The van der Waals surface area contributed by atoms with E-state index in [1.54, 1.807) is 24.3 Å². The van der Waals surface area contributed by atoms with Crippen LogP contribution in [-0.2, 0) is 14.3 Å². The summed E-state index contributed by atoms with van der Waals surface area (Å²) >= 11 is 0. The van der Waals surface area contributed by atoms with Crippen LogP contribution in [0, 0.1) is 12.8 Å². The molecule has 3 aromatic carbocycles. The third-order valence-corrected chi connectivity index (χ3v) is 5.91. The lowest BCUT2D eigenvalue weighted by atomic mass is 10.1. The molecule has 1 atom stereocenters. The highest BCUT2D eigenvalue weighted by molar-refractivity contribution is 5.90. The summed E-state index contributed by atoms with van der Waals surface area (Å²) in [5.74, 6) is 0.470. The van der Waals surface area contributed by atoms with Gasteiger partial charge in [0.15, 0.2) is 0 Å². The Morgan fingerprint density at radius 2 is 1.30 bits per heavy atom. The van der Waals surface area contributed by atoms with E-state index in [9.17, 15) is 9.59 Å². The van der Waals surface area contributed by atoms with E-state index >= 15 is 0 Å². The van der Waals surface area contributed by atoms with E-state index < -0.39 is 5.97 Å². The van der Waals surface area contributed by atoms with Gasteiger partial charge in [0.25, 0.3) is 11.8 Å². The maximum atomic E-state index is 12.6. The van der Waals surface area contributed by atoms with Crippen LogP contribution in [0.15, 0.2) is 81.8 Å². The van der Waals surface area contributed by atoms with Crippen molar-refractivity contribution in [3.63, 3.8) is 0 Å². The molecule has 202 valence electrons. The molecule has 0 fully saturated rings. The van der Waals surface area contributed by atoms with Crippen LogP contribution < -0.4 is 0 Å². The van der Waals surface area contributed by atoms with Gasteiger partial charge in [-0.05, 0) is 43.3 Å². The monoisotopic (exact) mass is 538 g/mol. The van der Waals surface area contributed by atoms with Gasteiger partial charge in [0.05, 0.1) is 18.8 Å². The van der Waals surface area contributed by atoms with Crippen molar-refractivity contribution in [1.29, 1.82) is 0 Å². The van der Waals surface area contributed by atoms with Gasteiger partial charge < -0.3 is 18.5 Å². The number of rotatable bonds is 9. The van der Waals surface area contributed by atoms with Gasteiger partial charge >= 0.3 is 11.9 Å². The van der Waals surface area contributed by atoms with Crippen molar-refractivity contribution in [3.05, 3.63) is 83.9 Å². The predicted molar refractivity (Wildman–Crippen MR) is 145 cm³/mol. The number of benzene rings is 3. The standard InChI is InChI=1S/C30H26N4O6/c1-18-7-4-8-21(13-18)26-31-28(39-33-26)23-10-6-11-24(15-23)29-32-27(34-40-29)22-9-5-12-25(14-22)30(36)38-17-19(2)16-37-20(3)35/h4-15,19H,16-17H2,1-3H3. The van der Waals surface area contributed by atoms with Crippen LogP contribution in [0.4, 0.5) is 0 Å². The molecule has 0 aliphatic carbocycles. The summed E-state index contributed by atoms with van der Waals surface area (Å²) < 4.78 is 21.3. The minimum absolute atomic E-state index is 0.117. The van der Waals surface area contributed by atoms with Crippen molar-refractivity contribution < 1.29 is 28.1 Å². The zero-order valence-electron chi connectivity index (χ0n) is 22.2. The van der Waals surface area contributed by atoms with Crippen molar-refractivity contribution in [1.82, 2.24) is 20.3 Å². The molecule has 0 radical (unpaired) electrons. The van der Waals surface area contributed by atoms with Crippen LogP contribution >= 0.6 is 0 Å². The van der Waals surface area contributed by atoms with Gasteiger partial charge in [-0.2, -0.15) is 9.97 Å². The Balaban J connectivity index is 1.29. The topological polar surface area (TPSA) is 130 Å². The number of carbonyl (C=O) groups excluding carboxylic acids is 2. The van der Waals surface area contributed by atoms with Crippen LogP contribution in [0.25, 0.3) is 45.7 Å². The van der Waals surface area contributed by atoms with Crippen LogP contribution in [0.3, 0.4) is 0 Å². The third kappa shape index (κ3) is 6.29. The first-order valence-electron chi connectivity index (χ1n) is 12.6. The minimum Gasteiger partial charge on any atom is -0.465 e. The van der Waals surface area contributed by atoms with Crippen LogP contribution in [0.2, 0.25) is 0 Å². The van der Waals surface area contributed by atoms with E-state index in [1.807, 2.05) is 62.4 Å². The van der Waals surface area contributed by atoms with Crippen LogP contribution in [0.5, 0.6) is 0 Å². The average Bonchev–Trinajstić information content (AvgIpc) is 3.66. The first kappa shape index (κ1) is 26.5. The lowest BCUT2D eigenvalue weighted by molar-refractivity contribution is -0.142. The molecule has 10 nitrogen and oxygen atoms in total. The summed E-state index contributed by atoms with van der Waals surface area (Å²) in [6.45, 7) is 5.46. The number of aromatic nitrogens is 4. The number of esters is 2. The third-order valence-electron chi connectivity index (χ3n) is 5.91. The fraction of sp³-hybridized carbons (Fsp3) is 0.200. The van der Waals surface area contributed by atoms with E-state index in [2.05, 4.69) is 20.3 Å². The Labute approximate surface area is 229 Å². The fourth-order valence-corrected chi connectivity index (χ4v) is 3.88. The molecule has 0 amide bonds. The van der Waals surface area contributed by atoms with Crippen LogP contribution in [-0.4, -0.2) is 45.4 Å². The summed E-state index contributed by atoms with van der Waals surface area (Å²) in [6, 6.07) is 22.0. The molecule has 0 aliphatic rings. The fourth-order valence-electron chi connectivity index (χ4n) is 3.88. The maximum absolute atomic E-state index is 12.6. The zero-order chi connectivity index (χ0) is 28.1. The maximum Gasteiger partial charge on any atom is 0.338 e. The zero-order valence-corrected chi connectivity index (χ0v) is 22.2. The Bertz CT molecular complexity index is 1660. The Morgan fingerprint density at radius 3 is 1.93 bits per heavy atom. The lowest BCUT2D eigenvalue weighted by Crippen LogP contribution is -2.17. The first-order chi connectivity index (χ1) is 19.4. The number of hydrogen-bond acceptors (Lipinski definition) is 10. The second-order valence-electron chi connectivity index (χ2n) is 9.38. The summed E-state index contributed by atoms with van der Waals surface area (Å²) in [6.07, 6.45) is 0. The number of ether oxygens (including phenoxy) is 2. The van der Waals surface area contributed by atoms with E-state index in [1.165, 1.54) is 6.92 Å². The summed E-state index contributed by atoms with van der Waals surface area (Å²) in [7, 11) is 0. The molecule has 0 aliphatic heterocycles. The lowest BCUT2D eigenvalue weighted by Gasteiger charge is -2.12. The molecule has 1 unspecified atom stereocenters. The van der Waals surface area contributed by atoms with Gasteiger partial charge in [-0.3, -0.25) is 4.79 Å². The quantitative estimate of drug-likeness (QED) is 0.213. The molecule has 2 aromatic heterocycles. The number of nitrogens with zero attached hydrogens (tertiary/aromatic N) is 4. The first-order valence-corrected chi connectivity index (χ1v) is 12.6. The van der Waals surface area contributed by atoms with Gasteiger partial charge in [-0.25, -0.2) is 4.79 Å². The highest BCUT2D eigenvalue weighted by Crippen LogP contribution is 2.28. The average molecular weight is 539 g/mol. The Morgan fingerprint density at radius 1 is 0.750 bits per heavy atom. The molecule has 0 N–H and O–H groups in total. The molecule has 0 spiro atoms. The molecule has 2 heterocycles. The van der Waals surface area contributed by atoms with Gasteiger partial charge in [0.1, 0.15) is 0 Å². The molecular weight excluding hydrogens is 512 g/mol. The molecule has 40 heavy (non-hydrogen) atoms. The Hall–Kier alpha value is -5.12. The highest BCUT2D eigenvalue weighted by Gasteiger charge is 2.17. The smallest absolute Gasteiger partial charge is 0.338 e. The van der Waals surface area contributed by atoms with E-state index in [-0.39, 0.29) is 25.1 Å². The molecule has 5 rings (SSSR count). The number of aryl methyl sites for hydroxylation is 1. The second kappa shape index (κ2) is 11.7.